The Morgan fingerprint density at radius 1 is 1.40 bits per heavy atom. The number of ether oxygens (including phenoxy) is 1. The van der Waals surface area contributed by atoms with Crippen LogP contribution in [0.25, 0.3) is 0 Å². The van der Waals surface area contributed by atoms with Gasteiger partial charge in [-0.3, -0.25) is 4.79 Å². The fraction of sp³-hybridized carbons (Fsp3) is 0.385. The van der Waals surface area contributed by atoms with Crippen LogP contribution in [0, 0.1) is 5.92 Å². The number of carboxylic acids is 1. The first-order valence-electron chi connectivity index (χ1n) is 5.99. The summed E-state index contributed by atoms with van der Waals surface area (Å²) in [5.74, 6) is -1.26. The second-order valence-corrected chi connectivity index (χ2v) is 4.69. The maximum absolute atomic E-state index is 11.4. The van der Waals surface area contributed by atoms with Crippen LogP contribution in [-0.2, 0) is 16.1 Å². The van der Waals surface area contributed by atoms with Crippen molar-refractivity contribution < 1.29 is 19.4 Å². The number of nitrogens with two attached hydrogens (primary N) is 1. The monoisotopic (exact) mass is 300 g/mol. The van der Waals surface area contributed by atoms with Crippen LogP contribution in [0.15, 0.2) is 30.3 Å². The molecule has 1 aliphatic carbocycles. The van der Waals surface area contributed by atoms with Crippen molar-refractivity contribution in [3.05, 3.63) is 35.9 Å². The predicted molar refractivity (Wildman–Crippen MR) is 74.5 cm³/mol. The molecular weight excluding hydrogens is 284 g/mol. The van der Waals surface area contributed by atoms with Crippen molar-refractivity contribution in [1.82, 2.24) is 5.32 Å². The van der Waals surface area contributed by atoms with Crippen molar-refractivity contribution in [2.75, 3.05) is 6.54 Å². The highest BCUT2D eigenvalue weighted by Gasteiger charge is 2.57. The van der Waals surface area contributed by atoms with Gasteiger partial charge in [-0.1, -0.05) is 30.3 Å². The highest BCUT2D eigenvalue weighted by atomic mass is 35.5. The molecule has 110 valence electrons. The van der Waals surface area contributed by atoms with Gasteiger partial charge in [0.05, 0.1) is 0 Å². The van der Waals surface area contributed by atoms with Crippen LogP contribution < -0.4 is 11.1 Å². The summed E-state index contributed by atoms with van der Waals surface area (Å²) in [5.41, 5.74) is 5.30. The average molecular weight is 301 g/mol. The van der Waals surface area contributed by atoms with Gasteiger partial charge in [-0.05, 0) is 12.0 Å². The molecule has 0 saturated heterocycles. The fourth-order valence-electron chi connectivity index (χ4n) is 1.85. The van der Waals surface area contributed by atoms with Gasteiger partial charge in [-0.25, -0.2) is 4.79 Å². The van der Waals surface area contributed by atoms with Gasteiger partial charge >= 0.3 is 12.1 Å². The number of carbonyl (C=O) groups is 2. The number of amides is 1. The Labute approximate surface area is 122 Å². The van der Waals surface area contributed by atoms with E-state index < -0.39 is 17.6 Å². The zero-order valence-corrected chi connectivity index (χ0v) is 11.6. The number of carboxylic acid groups (broad SMARTS) is 1. The second-order valence-electron chi connectivity index (χ2n) is 4.69. The molecule has 0 unspecified atom stereocenters. The lowest BCUT2D eigenvalue weighted by Crippen LogP contribution is -2.38. The first-order chi connectivity index (χ1) is 9.02. The van der Waals surface area contributed by atoms with Crippen LogP contribution in [0.5, 0.6) is 0 Å². The summed E-state index contributed by atoms with van der Waals surface area (Å²) in [5, 5.41) is 11.4. The Bertz CT molecular complexity index is 483. The molecule has 1 aliphatic rings. The molecule has 1 aromatic rings. The minimum absolute atomic E-state index is 0. The summed E-state index contributed by atoms with van der Waals surface area (Å²) >= 11 is 0. The molecular formula is C13H17ClN2O4. The third-order valence-electron chi connectivity index (χ3n) is 3.26. The smallest absolute Gasteiger partial charge is 0.407 e. The molecule has 0 aromatic heterocycles. The molecule has 2 rings (SSSR count). The third kappa shape index (κ3) is 3.85. The van der Waals surface area contributed by atoms with Crippen LogP contribution in [0.1, 0.15) is 12.0 Å². The topological polar surface area (TPSA) is 102 Å². The van der Waals surface area contributed by atoms with Gasteiger partial charge in [0.1, 0.15) is 12.1 Å². The van der Waals surface area contributed by atoms with Crippen molar-refractivity contribution in [3.8, 4) is 0 Å². The molecule has 6 nitrogen and oxygen atoms in total. The van der Waals surface area contributed by atoms with Crippen molar-refractivity contribution in [2.24, 2.45) is 11.7 Å². The molecule has 1 fully saturated rings. The summed E-state index contributed by atoms with van der Waals surface area (Å²) in [4.78, 5) is 22.2. The van der Waals surface area contributed by atoms with Crippen LogP contribution in [0.3, 0.4) is 0 Å². The lowest BCUT2D eigenvalue weighted by atomic mass is 10.2. The number of rotatable bonds is 5. The second kappa shape index (κ2) is 6.58. The maximum atomic E-state index is 11.4. The van der Waals surface area contributed by atoms with Gasteiger partial charge in [0.2, 0.25) is 0 Å². The fourth-order valence-corrected chi connectivity index (χ4v) is 1.85. The highest BCUT2D eigenvalue weighted by Crippen LogP contribution is 2.40. The first kappa shape index (κ1) is 16.3. The Morgan fingerprint density at radius 3 is 2.60 bits per heavy atom. The van der Waals surface area contributed by atoms with E-state index in [1.54, 1.807) is 0 Å². The Kier molecular flexibility index (Phi) is 5.35. The largest absolute Gasteiger partial charge is 0.480 e. The minimum atomic E-state index is -1.19. The van der Waals surface area contributed by atoms with E-state index in [9.17, 15) is 9.59 Å². The molecule has 1 saturated carbocycles. The number of aliphatic carboxylic acids is 1. The van der Waals surface area contributed by atoms with Crippen molar-refractivity contribution in [1.29, 1.82) is 0 Å². The number of hydrogen-bond donors (Lipinski definition) is 3. The molecule has 4 N–H and O–H groups in total. The summed E-state index contributed by atoms with van der Waals surface area (Å²) in [6.07, 6.45) is -0.190. The molecule has 0 spiro atoms. The van der Waals surface area contributed by atoms with Crippen molar-refractivity contribution in [3.63, 3.8) is 0 Å². The number of nitrogens with one attached hydrogen (secondary N) is 1. The summed E-state index contributed by atoms with van der Waals surface area (Å²) < 4.78 is 5.00. The number of halogens is 1. The normalized spacial score (nSPS) is 23.4. The molecule has 7 heteroatoms. The third-order valence-corrected chi connectivity index (χ3v) is 3.26. The lowest BCUT2D eigenvalue weighted by Gasteiger charge is -2.08. The SMILES string of the molecule is Cl.N[C@@]1(C(=O)O)C[C@H]1CNC(=O)OCc1ccccc1. The Hall–Kier alpha value is -1.79. The van der Waals surface area contributed by atoms with Gasteiger partial charge < -0.3 is 20.9 Å². The van der Waals surface area contributed by atoms with Crippen LogP contribution in [-0.4, -0.2) is 29.3 Å². The van der Waals surface area contributed by atoms with E-state index in [0.717, 1.165) is 5.56 Å². The van der Waals surface area contributed by atoms with Crippen LogP contribution in [0.4, 0.5) is 4.79 Å². The van der Waals surface area contributed by atoms with Gasteiger partial charge in [0.25, 0.3) is 0 Å². The lowest BCUT2D eigenvalue weighted by molar-refractivity contribution is -0.140. The molecule has 2 atom stereocenters. The number of benzene rings is 1. The van der Waals surface area contributed by atoms with Gasteiger partial charge in [-0.2, -0.15) is 0 Å². The van der Waals surface area contributed by atoms with E-state index in [0.29, 0.717) is 6.42 Å². The molecule has 20 heavy (non-hydrogen) atoms. The summed E-state index contributed by atoms with van der Waals surface area (Å²) in [6, 6.07) is 9.29. The van der Waals surface area contributed by atoms with E-state index >= 15 is 0 Å². The van der Waals surface area contributed by atoms with Gasteiger partial charge in [-0.15, -0.1) is 12.4 Å². The quantitative estimate of drug-likeness (QED) is 0.757. The van der Waals surface area contributed by atoms with E-state index in [1.165, 1.54) is 0 Å². The molecule has 0 radical (unpaired) electrons. The maximum Gasteiger partial charge on any atom is 0.407 e. The molecule has 0 aliphatic heterocycles. The van der Waals surface area contributed by atoms with Gasteiger partial charge in [0, 0.05) is 12.5 Å². The Morgan fingerprint density at radius 2 is 2.05 bits per heavy atom. The standard InChI is InChI=1S/C13H16N2O4.ClH/c14-13(11(16)17)6-10(13)7-15-12(18)19-8-9-4-2-1-3-5-9;/h1-5,10H,6-8,14H2,(H,15,18)(H,16,17);1H/t10-,13-;/m0./s1. The van der Waals surface area contributed by atoms with Crippen LogP contribution in [0.2, 0.25) is 0 Å². The Balaban J connectivity index is 0.00000200. The van der Waals surface area contributed by atoms with Crippen molar-refractivity contribution in [2.45, 2.75) is 18.6 Å². The zero-order chi connectivity index (χ0) is 13.9. The van der Waals surface area contributed by atoms with Crippen molar-refractivity contribution >= 4 is 24.5 Å². The summed E-state index contributed by atoms with van der Waals surface area (Å²) in [7, 11) is 0. The van der Waals surface area contributed by atoms with E-state index in [1.807, 2.05) is 30.3 Å². The number of carbonyl (C=O) groups excluding carboxylic acids is 1. The highest BCUT2D eigenvalue weighted by molar-refractivity contribution is 5.85. The average Bonchev–Trinajstić information content (AvgIpc) is 3.08. The van der Waals surface area contributed by atoms with E-state index in [-0.39, 0.29) is 31.5 Å². The van der Waals surface area contributed by atoms with E-state index in [4.69, 9.17) is 15.6 Å². The molecule has 0 heterocycles. The molecule has 1 amide bonds. The minimum Gasteiger partial charge on any atom is -0.480 e. The zero-order valence-electron chi connectivity index (χ0n) is 10.7. The van der Waals surface area contributed by atoms with Crippen LogP contribution >= 0.6 is 12.4 Å². The van der Waals surface area contributed by atoms with E-state index in [2.05, 4.69) is 5.32 Å². The first-order valence-corrected chi connectivity index (χ1v) is 5.99. The molecule has 0 bridgehead atoms. The predicted octanol–water partition coefficient (Wildman–Crippen LogP) is 1.14. The number of alkyl carbamates (subject to hydrolysis) is 1. The molecule has 1 aromatic carbocycles. The van der Waals surface area contributed by atoms with Gasteiger partial charge in [0.15, 0.2) is 0 Å². The summed E-state index contributed by atoms with van der Waals surface area (Å²) in [6.45, 7) is 0.403. The number of hydrogen-bond acceptors (Lipinski definition) is 4.